The fourth-order valence-electron chi connectivity index (χ4n) is 4.06. The summed E-state index contributed by atoms with van der Waals surface area (Å²) in [6.45, 7) is 4.13. The highest BCUT2D eigenvalue weighted by molar-refractivity contribution is 7.98. The third-order valence-electron chi connectivity index (χ3n) is 5.96. The first kappa shape index (κ1) is 26.9. The van der Waals surface area contributed by atoms with E-state index in [2.05, 4.69) is 4.98 Å². The molecule has 0 aliphatic carbocycles. The summed E-state index contributed by atoms with van der Waals surface area (Å²) in [5.74, 6) is -0.455. The number of carboxylic acids is 1. The van der Waals surface area contributed by atoms with Crippen LogP contribution < -0.4 is 5.56 Å². The normalized spacial score (nSPS) is 11.8. The lowest BCUT2D eigenvalue weighted by Gasteiger charge is -2.13. The Balaban J connectivity index is 1.86. The Labute approximate surface area is 220 Å². The molecular weight excluding hydrogens is 521 g/mol. The number of fused-ring (bicyclic) bond motifs is 1. The maximum Gasteiger partial charge on any atom is 0.426 e. The molecule has 0 fully saturated rings. The Morgan fingerprint density at radius 2 is 1.84 bits per heavy atom. The van der Waals surface area contributed by atoms with Gasteiger partial charge in [-0.25, -0.2) is 4.98 Å². The Morgan fingerprint density at radius 1 is 1.11 bits per heavy atom. The number of rotatable bonds is 9. The van der Waals surface area contributed by atoms with Gasteiger partial charge in [0.15, 0.2) is 5.16 Å². The zero-order chi connectivity index (χ0) is 26.7. The van der Waals surface area contributed by atoms with E-state index in [0.717, 1.165) is 16.7 Å². The number of aromatic nitrogens is 2. The van der Waals surface area contributed by atoms with Crippen molar-refractivity contribution in [1.82, 2.24) is 9.55 Å². The smallest absolute Gasteiger partial charge is 0.426 e. The molecular formula is C27H25F3N2O3S2. The topological polar surface area (TPSA) is 72.2 Å². The number of nitrogens with zero attached hydrogens (tertiary/aromatic N) is 2. The van der Waals surface area contributed by atoms with Gasteiger partial charge in [0.1, 0.15) is 9.58 Å². The molecule has 0 spiro atoms. The summed E-state index contributed by atoms with van der Waals surface area (Å²) in [4.78, 5) is 28.3. The van der Waals surface area contributed by atoms with Gasteiger partial charge in [-0.2, -0.15) is 13.2 Å². The van der Waals surface area contributed by atoms with Crippen LogP contribution in [0.2, 0.25) is 0 Å². The number of carbonyl (C=O) groups is 1. The van der Waals surface area contributed by atoms with Gasteiger partial charge in [0.2, 0.25) is 0 Å². The lowest BCUT2D eigenvalue weighted by atomic mass is 10.1. The van der Waals surface area contributed by atoms with E-state index in [1.54, 1.807) is 30.3 Å². The summed E-state index contributed by atoms with van der Waals surface area (Å²) in [6.07, 6.45) is -3.97. The highest BCUT2D eigenvalue weighted by atomic mass is 32.2. The fourth-order valence-corrected chi connectivity index (χ4v) is 6.22. The second-order valence-corrected chi connectivity index (χ2v) is 10.7. The van der Waals surface area contributed by atoms with Crippen molar-refractivity contribution in [2.45, 2.75) is 56.7 Å². The fraction of sp³-hybridized carbons (Fsp3) is 0.296. The van der Waals surface area contributed by atoms with Crippen molar-refractivity contribution >= 4 is 39.3 Å². The molecule has 0 aliphatic heterocycles. The first-order valence-electron chi connectivity index (χ1n) is 11.7. The Hall–Kier alpha value is -3.11. The first-order valence-corrected chi connectivity index (χ1v) is 13.5. The van der Waals surface area contributed by atoms with Crippen LogP contribution in [0.1, 0.15) is 40.8 Å². The quantitative estimate of drug-likeness (QED) is 0.135. The van der Waals surface area contributed by atoms with Crippen LogP contribution in [0.25, 0.3) is 21.3 Å². The summed E-state index contributed by atoms with van der Waals surface area (Å²) in [6, 6.07) is 14.2. The third-order valence-corrected chi connectivity index (χ3v) is 8.20. The molecule has 0 aliphatic rings. The maximum absolute atomic E-state index is 14.1. The zero-order valence-corrected chi connectivity index (χ0v) is 21.9. The molecule has 194 valence electrons. The Bertz CT molecular complexity index is 1500. The van der Waals surface area contributed by atoms with Crippen molar-refractivity contribution in [2.75, 3.05) is 0 Å². The molecule has 2 aromatic heterocycles. The van der Waals surface area contributed by atoms with Gasteiger partial charge >= 0.3 is 12.1 Å². The van der Waals surface area contributed by atoms with Crippen molar-refractivity contribution in [1.29, 1.82) is 0 Å². The minimum Gasteiger partial charge on any atom is -0.481 e. The van der Waals surface area contributed by atoms with Crippen LogP contribution in [0.5, 0.6) is 0 Å². The van der Waals surface area contributed by atoms with Gasteiger partial charge in [-0.1, -0.05) is 65.9 Å². The zero-order valence-electron chi connectivity index (χ0n) is 20.3. The number of hydrogen-bond acceptors (Lipinski definition) is 5. The number of halogens is 3. The molecule has 4 aromatic rings. The summed E-state index contributed by atoms with van der Waals surface area (Å²) >= 11 is 1.71. The summed E-state index contributed by atoms with van der Waals surface area (Å²) in [5, 5.41) is 9.26. The third kappa shape index (κ3) is 6.07. The van der Waals surface area contributed by atoms with E-state index in [1.165, 1.54) is 16.3 Å². The molecule has 1 N–H and O–H groups in total. The number of thiophene rings is 1. The second-order valence-electron chi connectivity index (χ2n) is 8.77. The van der Waals surface area contributed by atoms with Crippen molar-refractivity contribution < 1.29 is 23.1 Å². The van der Waals surface area contributed by atoms with Gasteiger partial charge < -0.3 is 5.11 Å². The number of carboxylic acid groups (broad SMARTS) is 1. The van der Waals surface area contributed by atoms with E-state index in [1.807, 2.05) is 32.0 Å². The molecule has 0 atom stereocenters. The van der Waals surface area contributed by atoms with Gasteiger partial charge in [0, 0.05) is 24.3 Å². The number of hydrogen-bond donors (Lipinski definition) is 1. The molecule has 0 unspecified atom stereocenters. The SMILES string of the molecule is Cc1ccc(C)c(CSc2nc3c(-c4ccccc4)c(C(F)(F)F)sc3c(=O)n2CCCCC(=O)O)c1. The van der Waals surface area contributed by atoms with Crippen LogP contribution in [0, 0.1) is 13.8 Å². The molecule has 0 saturated heterocycles. The van der Waals surface area contributed by atoms with Crippen molar-refractivity contribution in [3.63, 3.8) is 0 Å². The van der Waals surface area contributed by atoms with Gasteiger partial charge in [-0.15, -0.1) is 11.3 Å². The largest absolute Gasteiger partial charge is 0.481 e. The summed E-state index contributed by atoms with van der Waals surface area (Å²) in [7, 11) is 0. The van der Waals surface area contributed by atoms with Gasteiger partial charge in [-0.3, -0.25) is 14.2 Å². The van der Waals surface area contributed by atoms with E-state index in [0.29, 0.717) is 40.7 Å². The Kier molecular flexibility index (Phi) is 8.08. The van der Waals surface area contributed by atoms with E-state index in [-0.39, 0.29) is 28.7 Å². The van der Waals surface area contributed by atoms with Crippen LogP contribution >= 0.6 is 23.1 Å². The molecule has 10 heteroatoms. The minimum absolute atomic E-state index is 0.0405. The van der Waals surface area contributed by atoms with Gasteiger partial charge in [0.25, 0.3) is 5.56 Å². The number of unbranched alkanes of at least 4 members (excludes halogenated alkanes) is 1. The monoisotopic (exact) mass is 546 g/mol. The molecule has 2 aromatic carbocycles. The molecule has 0 radical (unpaired) electrons. The first-order chi connectivity index (χ1) is 17.6. The molecule has 0 bridgehead atoms. The molecule has 4 rings (SSSR count). The molecule has 37 heavy (non-hydrogen) atoms. The second kappa shape index (κ2) is 11.1. The summed E-state index contributed by atoms with van der Waals surface area (Å²) in [5.41, 5.74) is 2.94. The summed E-state index contributed by atoms with van der Waals surface area (Å²) < 4.78 is 43.6. The average molecular weight is 547 g/mol. The van der Waals surface area contributed by atoms with Crippen LogP contribution in [-0.4, -0.2) is 20.6 Å². The maximum atomic E-state index is 14.1. The van der Waals surface area contributed by atoms with Gasteiger partial charge in [-0.05, 0) is 43.4 Å². The standard InChI is InChI=1S/C27H25F3N2O3S2/c1-16-11-12-17(2)19(14-16)15-36-26-31-22-21(18-8-4-3-5-9-18)24(27(28,29)30)37-23(22)25(35)32(26)13-7-6-10-20(33)34/h3-5,8-9,11-12,14H,6-7,10,13,15H2,1-2H3,(H,33,34). The molecule has 0 saturated carbocycles. The van der Waals surface area contributed by atoms with E-state index in [9.17, 15) is 22.8 Å². The number of aryl methyl sites for hydroxylation is 2. The minimum atomic E-state index is -4.65. The molecule has 2 heterocycles. The predicted octanol–water partition coefficient (Wildman–Crippen LogP) is 7.31. The highest BCUT2D eigenvalue weighted by Gasteiger charge is 2.38. The number of benzene rings is 2. The molecule has 0 amide bonds. The van der Waals surface area contributed by atoms with Crippen LogP contribution in [0.4, 0.5) is 13.2 Å². The van der Waals surface area contributed by atoms with Crippen molar-refractivity contribution in [3.8, 4) is 11.1 Å². The van der Waals surface area contributed by atoms with Crippen molar-refractivity contribution in [2.24, 2.45) is 0 Å². The van der Waals surface area contributed by atoms with Crippen LogP contribution in [0.15, 0.2) is 58.5 Å². The van der Waals surface area contributed by atoms with E-state index < -0.39 is 22.6 Å². The molecule has 5 nitrogen and oxygen atoms in total. The van der Waals surface area contributed by atoms with E-state index >= 15 is 0 Å². The lowest BCUT2D eigenvalue weighted by Crippen LogP contribution is -2.23. The number of alkyl halides is 3. The van der Waals surface area contributed by atoms with Crippen LogP contribution in [0.3, 0.4) is 0 Å². The van der Waals surface area contributed by atoms with Gasteiger partial charge in [0.05, 0.1) is 5.52 Å². The van der Waals surface area contributed by atoms with Crippen LogP contribution in [-0.2, 0) is 23.3 Å². The average Bonchev–Trinajstić information content (AvgIpc) is 3.24. The van der Waals surface area contributed by atoms with E-state index in [4.69, 9.17) is 5.11 Å². The number of thioether (sulfide) groups is 1. The Morgan fingerprint density at radius 3 is 2.51 bits per heavy atom. The van der Waals surface area contributed by atoms with Crippen molar-refractivity contribution in [3.05, 3.63) is 80.5 Å². The highest BCUT2D eigenvalue weighted by Crippen LogP contribution is 2.46. The predicted molar refractivity (Wildman–Crippen MR) is 141 cm³/mol. The number of aliphatic carboxylic acids is 1. The lowest BCUT2D eigenvalue weighted by molar-refractivity contribution is -0.137.